The highest BCUT2D eigenvalue weighted by molar-refractivity contribution is 6.03. The van der Waals surface area contributed by atoms with Crippen molar-refractivity contribution >= 4 is 11.7 Å². The minimum Gasteiger partial charge on any atom is -0.363 e. The zero-order chi connectivity index (χ0) is 11.5. The highest BCUT2D eigenvalue weighted by Crippen LogP contribution is 2.04. The Balaban J connectivity index is 2.21. The first-order chi connectivity index (χ1) is 7.66. The van der Waals surface area contributed by atoms with Crippen LogP contribution in [0.4, 0.5) is 5.82 Å². The predicted octanol–water partition coefficient (Wildman–Crippen LogP) is 0.626. The van der Waals surface area contributed by atoms with Crippen molar-refractivity contribution in [2.75, 3.05) is 5.32 Å². The Kier molecular flexibility index (Phi) is 2.55. The van der Waals surface area contributed by atoms with Crippen molar-refractivity contribution in [1.82, 2.24) is 9.72 Å². The molecule has 2 heterocycles. The van der Waals surface area contributed by atoms with E-state index in [1.807, 2.05) is 0 Å². The normalized spacial score (nSPS) is 10.1. The molecule has 0 unspecified atom stereocenters. The fraction of sp³-hybridized carbons (Fsp3) is 0.100. The Labute approximate surface area is 90.5 Å². The molecular formula is C10H9N3O3. The number of hydrogen-bond acceptors (Lipinski definition) is 4. The van der Waals surface area contributed by atoms with Gasteiger partial charge in [0.15, 0.2) is 5.82 Å². The fourth-order valence-corrected chi connectivity index (χ4v) is 1.16. The standard InChI is InChI=1S/C10H9N3O3/c1-13-4-2-7(6-9(13)14)10(15)11-8-3-5-16-12-8/h2-6H,1H3,(H,11,12,15). The summed E-state index contributed by atoms with van der Waals surface area (Å²) in [6.45, 7) is 0. The number of rotatable bonds is 2. The third kappa shape index (κ3) is 2.00. The van der Waals surface area contributed by atoms with Gasteiger partial charge >= 0.3 is 0 Å². The van der Waals surface area contributed by atoms with Gasteiger partial charge in [-0.15, -0.1) is 0 Å². The number of hydrogen-bond donors (Lipinski definition) is 1. The van der Waals surface area contributed by atoms with Gasteiger partial charge in [-0.3, -0.25) is 9.59 Å². The zero-order valence-corrected chi connectivity index (χ0v) is 8.51. The highest BCUT2D eigenvalue weighted by Gasteiger charge is 2.08. The van der Waals surface area contributed by atoms with Crippen LogP contribution < -0.4 is 10.9 Å². The van der Waals surface area contributed by atoms with Crippen molar-refractivity contribution in [3.8, 4) is 0 Å². The summed E-state index contributed by atoms with van der Waals surface area (Å²) in [6.07, 6.45) is 2.87. The van der Waals surface area contributed by atoms with Crippen molar-refractivity contribution in [3.05, 3.63) is 46.6 Å². The molecule has 0 atom stereocenters. The Morgan fingerprint density at radius 2 is 2.31 bits per heavy atom. The molecule has 1 amide bonds. The van der Waals surface area contributed by atoms with Gasteiger partial charge in [-0.2, -0.15) is 0 Å². The summed E-state index contributed by atoms with van der Waals surface area (Å²) in [5.74, 6) is -0.0859. The molecule has 6 heteroatoms. The summed E-state index contributed by atoms with van der Waals surface area (Å²) < 4.78 is 5.95. The van der Waals surface area contributed by atoms with Crippen molar-refractivity contribution in [1.29, 1.82) is 0 Å². The molecule has 0 aliphatic carbocycles. The average Bonchev–Trinajstić information content (AvgIpc) is 2.74. The van der Waals surface area contributed by atoms with E-state index in [4.69, 9.17) is 0 Å². The molecule has 2 rings (SSSR count). The lowest BCUT2D eigenvalue weighted by atomic mass is 10.2. The third-order valence-electron chi connectivity index (χ3n) is 2.05. The van der Waals surface area contributed by atoms with E-state index >= 15 is 0 Å². The molecule has 1 N–H and O–H groups in total. The third-order valence-corrected chi connectivity index (χ3v) is 2.05. The lowest BCUT2D eigenvalue weighted by Gasteiger charge is -2.01. The van der Waals surface area contributed by atoms with Crippen molar-refractivity contribution < 1.29 is 9.32 Å². The van der Waals surface area contributed by atoms with Gasteiger partial charge in [0, 0.05) is 30.9 Å². The molecular weight excluding hydrogens is 210 g/mol. The van der Waals surface area contributed by atoms with Gasteiger partial charge in [-0.05, 0) is 6.07 Å². The van der Waals surface area contributed by atoms with Crippen LogP contribution in [0.2, 0.25) is 0 Å². The molecule has 82 valence electrons. The number of amides is 1. The van der Waals surface area contributed by atoms with Gasteiger partial charge < -0.3 is 14.4 Å². The van der Waals surface area contributed by atoms with Gasteiger partial charge in [-0.25, -0.2) is 0 Å². The number of aryl methyl sites for hydroxylation is 1. The molecule has 6 nitrogen and oxygen atoms in total. The van der Waals surface area contributed by atoms with E-state index in [1.165, 1.54) is 29.2 Å². The number of anilines is 1. The molecule has 2 aromatic rings. The second-order valence-electron chi connectivity index (χ2n) is 3.20. The molecule has 0 aliphatic rings. The maximum atomic E-state index is 11.6. The van der Waals surface area contributed by atoms with E-state index < -0.39 is 5.91 Å². The van der Waals surface area contributed by atoms with Gasteiger partial charge in [0.2, 0.25) is 0 Å². The predicted molar refractivity (Wildman–Crippen MR) is 56.1 cm³/mol. The van der Waals surface area contributed by atoms with Crippen LogP contribution >= 0.6 is 0 Å². The lowest BCUT2D eigenvalue weighted by molar-refractivity contribution is 0.102. The van der Waals surface area contributed by atoms with Crippen LogP contribution in [0.25, 0.3) is 0 Å². The SMILES string of the molecule is Cn1ccc(C(=O)Nc2ccon2)cc1=O. The fourth-order valence-electron chi connectivity index (χ4n) is 1.16. The summed E-state index contributed by atoms with van der Waals surface area (Å²) in [7, 11) is 1.61. The van der Waals surface area contributed by atoms with E-state index in [9.17, 15) is 9.59 Å². The second-order valence-corrected chi connectivity index (χ2v) is 3.20. The van der Waals surface area contributed by atoms with Crippen LogP contribution in [-0.4, -0.2) is 15.6 Å². The van der Waals surface area contributed by atoms with Crippen LogP contribution in [-0.2, 0) is 7.05 Å². The summed E-state index contributed by atoms with van der Waals surface area (Å²) in [6, 6.07) is 4.32. The summed E-state index contributed by atoms with van der Waals surface area (Å²) >= 11 is 0. The summed E-state index contributed by atoms with van der Waals surface area (Å²) in [4.78, 5) is 22.9. The van der Waals surface area contributed by atoms with Crippen LogP contribution in [0.3, 0.4) is 0 Å². The lowest BCUT2D eigenvalue weighted by Crippen LogP contribution is -2.20. The first-order valence-electron chi connectivity index (χ1n) is 4.55. The number of pyridine rings is 1. The largest absolute Gasteiger partial charge is 0.363 e. The van der Waals surface area contributed by atoms with Crippen LogP contribution in [0.5, 0.6) is 0 Å². The van der Waals surface area contributed by atoms with Crippen molar-refractivity contribution in [2.45, 2.75) is 0 Å². The number of carbonyl (C=O) groups excluding carboxylic acids is 1. The van der Waals surface area contributed by atoms with E-state index in [2.05, 4.69) is 15.0 Å². The smallest absolute Gasteiger partial charge is 0.257 e. The topological polar surface area (TPSA) is 77.1 Å². The minimum atomic E-state index is -0.397. The molecule has 0 saturated carbocycles. The average molecular weight is 219 g/mol. The van der Waals surface area contributed by atoms with Gasteiger partial charge in [0.25, 0.3) is 11.5 Å². The maximum absolute atomic E-state index is 11.6. The first-order valence-corrected chi connectivity index (χ1v) is 4.55. The zero-order valence-electron chi connectivity index (χ0n) is 8.51. The molecule has 0 fully saturated rings. The molecule has 0 bridgehead atoms. The monoisotopic (exact) mass is 219 g/mol. The van der Waals surface area contributed by atoms with E-state index in [1.54, 1.807) is 13.1 Å². The molecule has 16 heavy (non-hydrogen) atoms. The molecule has 0 spiro atoms. The number of carbonyl (C=O) groups is 1. The van der Waals surface area contributed by atoms with Gasteiger partial charge in [-0.1, -0.05) is 5.16 Å². The van der Waals surface area contributed by atoms with Crippen molar-refractivity contribution in [3.63, 3.8) is 0 Å². The molecule has 0 saturated heterocycles. The van der Waals surface area contributed by atoms with Gasteiger partial charge in [0.05, 0.1) is 0 Å². The Hall–Kier alpha value is -2.37. The maximum Gasteiger partial charge on any atom is 0.257 e. The Morgan fingerprint density at radius 1 is 1.50 bits per heavy atom. The molecule has 0 aromatic carbocycles. The molecule has 0 aliphatic heterocycles. The molecule has 2 aromatic heterocycles. The van der Waals surface area contributed by atoms with E-state index in [0.29, 0.717) is 5.82 Å². The first kappa shape index (κ1) is 10.2. The summed E-state index contributed by atoms with van der Waals surface area (Å²) in [5.41, 5.74) is 0.0407. The molecule has 0 radical (unpaired) electrons. The Bertz CT molecular complexity index is 557. The quantitative estimate of drug-likeness (QED) is 0.803. The number of nitrogens with one attached hydrogen (secondary N) is 1. The number of aromatic nitrogens is 2. The summed E-state index contributed by atoms with van der Waals surface area (Å²) in [5, 5.41) is 6.02. The highest BCUT2D eigenvalue weighted by atomic mass is 16.5. The van der Waals surface area contributed by atoms with Crippen molar-refractivity contribution in [2.24, 2.45) is 7.05 Å². The number of nitrogens with zero attached hydrogens (tertiary/aromatic N) is 2. The second kappa shape index (κ2) is 4.01. The van der Waals surface area contributed by atoms with Crippen LogP contribution in [0.15, 0.2) is 40.0 Å². The van der Waals surface area contributed by atoms with Gasteiger partial charge in [0.1, 0.15) is 6.26 Å². The van der Waals surface area contributed by atoms with E-state index in [0.717, 1.165) is 0 Å². The minimum absolute atomic E-state index is 0.243. The Morgan fingerprint density at radius 3 is 2.94 bits per heavy atom. The van der Waals surface area contributed by atoms with Crippen LogP contribution in [0, 0.1) is 0 Å². The van der Waals surface area contributed by atoms with E-state index in [-0.39, 0.29) is 11.1 Å². The van der Waals surface area contributed by atoms with Crippen LogP contribution in [0.1, 0.15) is 10.4 Å².